The van der Waals surface area contributed by atoms with E-state index in [1.54, 1.807) is 45.0 Å². The molecule has 4 heterocycles. The van der Waals surface area contributed by atoms with Crippen molar-refractivity contribution in [3.63, 3.8) is 0 Å². The van der Waals surface area contributed by atoms with E-state index in [1.807, 2.05) is 24.0 Å². The standard InChI is InChI=1S/C28H28ClFN6O3/c1-14-6-7-18-16(11-32-33-18)21(14)22-17(29)10-15-24(23(22)30)31-12-19-25(15)36-9-8-35(27(38)39-28(2,3)4)13-20(36)26(37)34(19)5/h6-7,10-12,20H,8-9,13H2,1-5H3,(H,32,33)/t20-/m1/s1. The van der Waals surface area contributed by atoms with Crippen LogP contribution in [0.3, 0.4) is 0 Å². The highest BCUT2D eigenvalue weighted by molar-refractivity contribution is 6.35. The number of nitrogens with one attached hydrogen (secondary N) is 1. The Bertz CT molecular complexity index is 1680. The van der Waals surface area contributed by atoms with Gasteiger partial charge in [0.05, 0.1) is 40.9 Å². The zero-order valence-electron chi connectivity index (χ0n) is 22.3. The van der Waals surface area contributed by atoms with E-state index in [-0.39, 0.29) is 28.6 Å². The van der Waals surface area contributed by atoms with Crippen LogP contribution in [0.1, 0.15) is 26.3 Å². The number of ether oxygens (including phenoxy) is 1. The van der Waals surface area contributed by atoms with Crippen LogP contribution < -0.4 is 9.80 Å². The predicted octanol–water partition coefficient (Wildman–Crippen LogP) is 5.28. The summed E-state index contributed by atoms with van der Waals surface area (Å²) in [6.07, 6.45) is 2.72. The number of rotatable bonds is 1. The predicted molar refractivity (Wildman–Crippen MR) is 149 cm³/mol. The minimum atomic E-state index is -0.655. The summed E-state index contributed by atoms with van der Waals surface area (Å²) in [7, 11) is 1.66. The van der Waals surface area contributed by atoms with Crippen molar-refractivity contribution in [3.8, 4) is 11.1 Å². The topological polar surface area (TPSA) is 94.7 Å². The quantitative estimate of drug-likeness (QED) is 0.346. The van der Waals surface area contributed by atoms with Crippen molar-refractivity contribution >= 4 is 56.8 Å². The van der Waals surface area contributed by atoms with Gasteiger partial charge >= 0.3 is 6.09 Å². The van der Waals surface area contributed by atoms with E-state index in [2.05, 4.69) is 15.2 Å². The lowest BCUT2D eigenvalue weighted by molar-refractivity contribution is -0.120. The lowest BCUT2D eigenvalue weighted by Gasteiger charge is -2.47. The van der Waals surface area contributed by atoms with Crippen LogP contribution in [0.5, 0.6) is 0 Å². The lowest BCUT2D eigenvalue weighted by atomic mass is 9.94. The Labute approximate surface area is 229 Å². The number of anilines is 2. The maximum absolute atomic E-state index is 16.4. The number of aromatic nitrogens is 3. The number of pyridine rings is 1. The van der Waals surface area contributed by atoms with Crippen LogP contribution in [0.4, 0.5) is 20.6 Å². The first kappa shape index (κ1) is 25.4. The molecule has 2 amide bonds. The number of fused-ring (bicyclic) bond motifs is 6. The third-order valence-electron chi connectivity index (χ3n) is 7.38. The minimum absolute atomic E-state index is 0.150. The zero-order valence-corrected chi connectivity index (χ0v) is 23.1. The summed E-state index contributed by atoms with van der Waals surface area (Å²) in [4.78, 5) is 35.6. The molecule has 2 aliphatic heterocycles. The molecule has 2 aliphatic rings. The van der Waals surface area contributed by atoms with E-state index >= 15 is 4.39 Å². The summed E-state index contributed by atoms with van der Waals surface area (Å²) < 4.78 is 21.9. The molecule has 9 nitrogen and oxygen atoms in total. The monoisotopic (exact) mass is 550 g/mol. The van der Waals surface area contributed by atoms with Crippen LogP contribution in [0, 0.1) is 12.7 Å². The molecule has 39 heavy (non-hydrogen) atoms. The minimum Gasteiger partial charge on any atom is -0.444 e. The van der Waals surface area contributed by atoms with Gasteiger partial charge in [-0.3, -0.25) is 14.9 Å². The number of piperazine rings is 1. The normalized spacial score (nSPS) is 17.6. The number of halogens is 2. The summed E-state index contributed by atoms with van der Waals surface area (Å²) in [5.41, 5.74) is 3.27. The largest absolute Gasteiger partial charge is 0.444 e. The number of likely N-dealkylation sites (N-methyl/N-ethyl adjacent to an activating group) is 1. The summed E-state index contributed by atoms with van der Waals surface area (Å²) >= 11 is 6.82. The average molecular weight is 551 g/mol. The molecule has 4 aromatic rings. The molecule has 202 valence electrons. The van der Waals surface area contributed by atoms with Crippen molar-refractivity contribution in [2.75, 3.05) is 36.5 Å². The number of benzene rings is 2. The first-order chi connectivity index (χ1) is 18.5. The Morgan fingerprint density at radius 1 is 1.18 bits per heavy atom. The van der Waals surface area contributed by atoms with Crippen LogP contribution >= 0.6 is 11.6 Å². The fourth-order valence-electron chi connectivity index (χ4n) is 5.57. The zero-order chi connectivity index (χ0) is 27.8. The highest BCUT2D eigenvalue weighted by Crippen LogP contribution is 2.46. The molecule has 11 heteroatoms. The third-order valence-corrected chi connectivity index (χ3v) is 7.68. The molecule has 2 aromatic carbocycles. The SMILES string of the molecule is Cc1ccc2[nH]ncc2c1-c1c(Cl)cc2c3c(cnc2c1F)N(C)C(=O)[C@H]1CN(C(=O)OC(C)(C)C)CCN31. The molecule has 2 aromatic heterocycles. The van der Waals surface area contributed by atoms with Gasteiger partial charge in [-0.2, -0.15) is 5.10 Å². The van der Waals surface area contributed by atoms with Crippen LogP contribution in [0.2, 0.25) is 5.02 Å². The lowest BCUT2D eigenvalue weighted by Crippen LogP contribution is -2.63. The molecule has 6 rings (SSSR count). The second kappa shape index (κ2) is 8.81. The van der Waals surface area contributed by atoms with Gasteiger partial charge in [0.15, 0.2) is 5.82 Å². The molecular formula is C28H28ClFN6O3. The molecule has 0 radical (unpaired) electrons. The number of hydrogen-bond acceptors (Lipinski definition) is 6. The number of aromatic amines is 1. The van der Waals surface area contributed by atoms with Gasteiger partial charge in [0, 0.05) is 42.0 Å². The number of H-pyrrole nitrogens is 1. The number of hydrogen-bond donors (Lipinski definition) is 1. The highest BCUT2D eigenvalue weighted by atomic mass is 35.5. The van der Waals surface area contributed by atoms with Crippen molar-refractivity contribution in [1.29, 1.82) is 0 Å². The second-order valence-electron chi connectivity index (χ2n) is 11.1. The molecule has 1 saturated heterocycles. The van der Waals surface area contributed by atoms with Gasteiger partial charge in [-0.25, -0.2) is 9.18 Å². The Morgan fingerprint density at radius 3 is 2.69 bits per heavy atom. The van der Waals surface area contributed by atoms with E-state index in [9.17, 15) is 9.59 Å². The van der Waals surface area contributed by atoms with E-state index < -0.39 is 23.6 Å². The smallest absolute Gasteiger partial charge is 0.410 e. The number of aryl methyl sites for hydroxylation is 1. The maximum Gasteiger partial charge on any atom is 0.410 e. The van der Waals surface area contributed by atoms with Crippen molar-refractivity contribution in [2.24, 2.45) is 0 Å². The number of amides is 2. The summed E-state index contributed by atoms with van der Waals surface area (Å²) in [5.74, 6) is -0.719. The van der Waals surface area contributed by atoms with Crippen molar-refractivity contribution in [3.05, 3.63) is 47.0 Å². The number of nitrogens with zero attached hydrogens (tertiary/aromatic N) is 5. The Balaban J connectivity index is 1.48. The van der Waals surface area contributed by atoms with Crippen molar-refractivity contribution < 1.29 is 18.7 Å². The van der Waals surface area contributed by atoms with Crippen molar-refractivity contribution in [1.82, 2.24) is 20.1 Å². The molecule has 0 spiro atoms. The fourth-order valence-corrected chi connectivity index (χ4v) is 5.86. The van der Waals surface area contributed by atoms with Crippen LogP contribution in [-0.4, -0.2) is 70.4 Å². The van der Waals surface area contributed by atoms with Gasteiger partial charge in [-0.1, -0.05) is 17.7 Å². The Kier molecular flexibility index (Phi) is 5.73. The van der Waals surface area contributed by atoms with Gasteiger partial charge in [-0.15, -0.1) is 0 Å². The Hall–Kier alpha value is -3.92. The number of carbonyl (C=O) groups is 2. The molecule has 0 saturated carbocycles. The van der Waals surface area contributed by atoms with Crippen LogP contribution in [0.15, 0.2) is 30.6 Å². The van der Waals surface area contributed by atoms with E-state index in [1.165, 1.54) is 11.1 Å². The average Bonchev–Trinajstić information content (AvgIpc) is 3.35. The van der Waals surface area contributed by atoms with Gasteiger partial charge in [0.1, 0.15) is 17.2 Å². The first-order valence-corrected chi connectivity index (χ1v) is 13.1. The van der Waals surface area contributed by atoms with E-state index in [0.717, 1.165) is 16.5 Å². The van der Waals surface area contributed by atoms with E-state index in [4.69, 9.17) is 16.3 Å². The van der Waals surface area contributed by atoms with Gasteiger partial charge < -0.3 is 19.4 Å². The molecule has 1 N–H and O–H groups in total. The highest BCUT2D eigenvalue weighted by Gasteiger charge is 2.43. The fraction of sp³-hybridized carbons (Fsp3) is 0.357. The van der Waals surface area contributed by atoms with E-state index in [0.29, 0.717) is 35.4 Å². The van der Waals surface area contributed by atoms with Crippen LogP contribution in [0.25, 0.3) is 32.9 Å². The molecule has 1 fully saturated rings. The summed E-state index contributed by atoms with van der Waals surface area (Å²) in [5, 5.41) is 8.54. The molecule has 0 unspecified atom stereocenters. The summed E-state index contributed by atoms with van der Waals surface area (Å²) in [6, 6.07) is 4.86. The van der Waals surface area contributed by atoms with Crippen molar-refractivity contribution in [2.45, 2.75) is 39.3 Å². The van der Waals surface area contributed by atoms with Gasteiger partial charge in [0.25, 0.3) is 5.91 Å². The summed E-state index contributed by atoms with van der Waals surface area (Å²) in [6.45, 7) is 8.17. The second-order valence-corrected chi connectivity index (χ2v) is 11.5. The third kappa shape index (κ3) is 3.96. The number of carbonyl (C=O) groups excluding carboxylic acids is 2. The first-order valence-electron chi connectivity index (χ1n) is 12.7. The molecule has 0 bridgehead atoms. The maximum atomic E-state index is 16.4. The van der Waals surface area contributed by atoms with Gasteiger partial charge in [0.2, 0.25) is 0 Å². The Morgan fingerprint density at radius 2 is 1.95 bits per heavy atom. The van der Waals surface area contributed by atoms with Gasteiger partial charge in [-0.05, 0) is 45.4 Å². The van der Waals surface area contributed by atoms with Crippen LogP contribution in [-0.2, 0) is 9.53 Å². The molecular weight excluding hydrogens is 523 g/mol. The molecule has 1 atom stereocenters. The molecule has 0 aliphatic carbocycles.